The van der Waals surface area contributed by atoms with Crippen LogP contribution in [0.25, 0.3) is 0 Å². The summed E-state index contributed by atoms with van der Waals surface area (Å²) in [6, 6.07) is 18.0. The summed E-state index contributed by atoms with van der Waals surface area (Å²) in [6.07, 6.45) is 2.61. The van der Waals surface area contributed by atoms with Crippen LogP contribution < -0.4 is 10.6 Å². The molecule has 1 aliphatic heterocycles. The summed E-state index contributed by atoms with van der Waals surface area (Å²) in [7, 11) is 0. The number of nitrogens with two attached hydrogens (primary N) is 1. The van der Waals surface area contributed by atoms with Gasteiger partial charge in [-0.15, -0.1) is 0 Å². The van der Waals surface area contributed by atoms with Gasteiger partial charge in [-0.2, -0.15) is 0 Å². The van der Waals surface area contributed by atoms with Crippen molar-refractivity contribution in [3.05, 3.63) is 77.0 Å². The second-order valence-electron chi connectivity index (χ2n) is 5.32. The van der Waals surface area contributed by atoms with Crippen molar-refractivity contribution in [2.75, 3.05) is 11.4 Å². The van der Waals surface area contributed by atoms with E-state index in [1.54, 1.807) is 6.08 Å². The largest absolute Gasteiger partial charge is 0.369 e. The molecule has 2 N–H and O–H groups in total. The van der Waals surface area contributed by atoms with E-state index in [2.05, 4.69) is 12.1 Å². The zero-order chi connectivity index (χ0) is 15.5. The number of rotatable bonds is 4. The van der Waals surface area contributed by atoms with Crippen molar-refractivity contribution in [2.24, 2.45) is 5.73 Å². The maximum Gasteiger partial charge on any atom is 0.229 e. The van der Waals surface area contributed by atoms with Gasteiger partial charge in [-0.05, 0) is 29.7 Å². The summed E-state index contributed by atoms with van der Waals surface area (Å²) in [4.78, 5) is 13.7. The van der Waals surface area contributed by atoms with Crippen LogP contribution in [-0.4, -0.2) is 12.5 Å². The first-order valence-corrected chi connectivity index (χ1v) is 7.61. The first kappa shape index (κ1) is 14.7. The lowest BCUT2D eigenvalue weighted by molar-refractivity contribution is -0.118. The number of hydrogen-bond acceptors (Lipinski definition) is 2. The molecule has 0 spiro atoms. The fourth-order valence-corrected chi connectivity index (χ4v) is 3.08. The molecule has 0 saturated heterocycles. The predicted octanol–water partition coefficient (Wildman–Crippen LogP) is 3.40. The summed E-state index contributed by atoms with van der Waals surface area (Å²) in [5.41, 5.74) is 8.61. The Balaban J connectivity index is 1.88. The summed E-state index contributed by atoms with van der Waals surface area (Å²) in [5, 5.41) is 0.554. The molecular weight excluding hydrogens is 296 g/mol. The zero-order valence-corrected chi connectivity index (χ0v) is 12.8. The highest BCUT2D eigenvalue weighted by molar-refractivity contribution is 6.31. The molecule has 0 fully saturated rings. The van der Waals surface area contributed by atoms with Gasteiger partial charge in [0.05, 0.1) is 5.92 Å². The number of carbonyl (C=O) groups excluding carboxylic acids is 1. The molecule has 4 heteroatoms. The van der Waals surface area contributed by atoms with Crippen LogP contribution in [0.4, 0.5) is 5.69 Å². The Hall–Kier alpha value is -2.26. The standard InChI is InChI=1S/C18H17ClN2O/c19-17-12-15(18(20)22)14-8-4-5-9-16(14)21(17)11-10-13-6-2-1-3-7-13/h1-9,12,15H,10-11H2,(H2,20,22). The van der Waals surface area contributed by atoms with E-state index in [-0.39, 0.29) is 5.91 Å². The molecular formula is C18H17ClN2O. The van der Waals surface area contributed by atoms with E-state index in [1.807, 2.05) is 47.4 Å². The van der Waals surface area contributed by atoms with Crippen molar-refractivity contribution in [1.82, 2.24) is 0 Å². The number of anilines is 1. The van der Waals surface area contributed by atoms with E-state index in [1.165, 1.54) is 5.56 Å². The maximum atomic E-state index is 11.6. The number of hydrogen-bond donors (Lipinski definition) is 1. The highest BCUT2D eigenvalue weighted by Crippen LogP contribution is 2.37. The molecule has 22 heavy (non-hydrogen) atoms. The molecule has 1 amide bonds. The molecule has 3 nitrogen and oxygen atoms in total. The number of para-hydroxylation sites is 1. The lowest BCUT2D eigenvalue weighted by atomic mass is 9.93. The predicted molar refractivity (Wildman–Crippen MR) is 89.8 cm³/mol. The second-order valence-corrected chi connectivity index (χ2v) is 5.70. The number of halogens is 1. The molecule has 112 valence electrons. The SMILES string of the molecule is NC(=O)C1C=C(Cl)N(CCc2ccccc2)c2ccccc21. The topological polar surface area (TPSA) is 46.3 Å². The normalized spacial score (nSPS) is 16.9. The van der Waals surface area contributed by atoms with E-state index in [4.69, 9.17) is 17.3 Å². The average molecular weight is 313 g/mol. The third-order valence-electron chi connectivity index (χ3n) is 3.90. The van der Waals surface area contributed by atoms with E-state index in [9.17, 15) is 4.79 Å². The van der Waals surface area contributed by atoms with Crippen LogP contribution in [0.2, 0.25) is 0 Å². The lowest BCUT2D eigenvalue weighted by Crippen LogP contribution is -2.31. The molecule has 1 unspecified atom stereocenters. The molecule has 0 saturated carbocycles. The fourth-order valence-electron chi connectivity index (χ4n) is 2.78. The minimum absolute atomic E-state index is 0.381. The maximum absolute atomic E-state index is 11.6. The van der Waals surface area contributed by atoms with Crippen LogP contribution >= 0.6 is 11.6 Å². The number of carbonyl (C=O) groups is 1. The van der Waals surface area contributed by atoms with Gasteiger partial charge in [0.2, 0.25) is 5.91 Å². The Bertz CT molecular complexity index is 712. The van der Waals surface area contributed by atoms with Gasteiger partial charge in [0.15, 0.2) is 0 Å². The van der Waals surface area contributed by atoms with E-state index >= 15 is 0 Å². The Labute approximate surface area is 135 Å². The van der Waals surface area contributed by atoms with Crippen LogP contribution in [0.3, 0.4) is 0 Å². The molecule has 3 rings (SSSR count). The molecule has 1 atom stereocenters. The molecule has 0 aliphatic carbocycles. The van der Waals surface area contributed by atoms with Crippen molar-refractivity contribution in [1.29, 1.82) is 0 Å². The monoisotopic (exact) mass is 312 g/mol. The van der Waals surface area contributed by atoms with Crippen molar-refractivity contribution < 1.29 is 4.79 Å². The van der Waals surface area contributed by atoms with Crippen LogP contribution in [0.15, 0.2) is 65.8 Å². The Morgan fingerprint density at radius 1 is 1.09 bits per heavy atom. The number of primary amides is 1. The highest BCUT2D eigenvalue weighted by atomic mass is 35.5. The summed E-state index contributed by atoms with van der Waals surface area (Å²) in [6.45, 7) is 0.752. The number of amides is 1. The van der Waals surface area contributed by atoms with Gasteiger partial charge in [0.25, 0.3) is 0 Å². The van der Waals surface area contributed by atoms with Gasteiger partial charge < -0.3 is 10.6 Å². The van der Waals surface area contributed by atoms with Crippen molar-refractivity contribution in [3.63, 3.8) is 0 Å². The van der Waals surface area contributed by atoms with Crippen molar-refractivity contribution in [2.45, 2.75) is 12.3 Å². The van der Waals surface area contributed by atoms with Crippen LogP contribution in [-0.2, 0) is 11.2 Å². The van der Waals surface area contributed by atoms with Crippen LogP contribution in [0, 0.1) is 0 Å². The van der Waals surface area contributed by atoms with Gasteiger partial charge in [-0.1, -0.05) is 60.1 Å². The molecule has 2 aromatic rings. The quantitative estimate of drug-likeness (QED) is 0.880. The van der Waals surface area contributed by atoms with Crippen LogP contribution in [0.1, 0.15) is 17.0 Å². The van der Waals surface area contributed by atoms with Gasteiger partial charge in [-0.3, -0.25) is 4.79 Å². The van der Waals surface area contributed by atoms with Crippen LogP contribution in [0.5, 0.6) is 0 Å². The van der Waals surface area contributed by atoms with Crippen molar-refractivity contribution >= 4 is 23.2 Å². The average Bonchev–Trinajstić information content (AvgIpc) is 2.54. The lowest BCUT2D eigenvalue weighted by Gasteiger charge is -2.32. The molecule has 0 bridgehead atoms. The summed E-state index contributed by atoms with van der Waals surface area (Å²) >= 11 is 6.39. The van der Waals surface area contributed by atoms with Gasteiger partial charge in [-0.25, -0.2) is 0 Å². The molecule has 1 heterocycles. The van der Waals surface area contributed by atoms with E-state index in [0.717, 1.165) is 24.2 Å². The zero-order valence-electron chi connectivity index (χ0n) is 12.1. The summed E-state index contributed by atoms with van der Waals surface area (Å²) in [5.74, 6) is -0.843. The molecule has 2 aromatic carbocycles. The molecule has 1 aliphatic rings. The third-order valence-corrected chi connectivity index (χ3v) is 4.23. The van der Waals surface area contributed by atoms with E-state index < -0.39 is 5.92 Å². The number of benzene rings is 2. The second kappa shape index (κ2) is 6.24. The van der Waals surface area contributed by atoms with Crippen molar-refractivity contribution in [3.8, 4) is 0 Å². The number of fused-ring (bicyclic) bond motifs is 1. The minimum Gasteiger partial charge on any atom is -0.369 e. The molecule has 0 radical (unpaired) electrons. The Morgan fingerprint density at radius 2 is 1.77 bits per heavy atom. The van der Waals surface area contributed by atoms with Gasteiger partial charge in [0.1, 0.15) is 5.16 Å². The smallest absolute Gasteiger partial charge is 0.229 e. The third kappa shape index (κ3) is 2.85. The highest BCUT2D eigenvalue weighted by Gasteiger charge is 2.28. The molecule has 0 aromatic heterocycles. The minimum atomic E-state index is -0.461. The Morgan fingerprint density at radius 3 is 2.50 bits per heavy atom. The van der Waals surface area contributed by atoms with Gasteiger partial charge >= 0.3 is 0 Å². The van der Waals surface area contributed by atoms with Gasteiger partial charge in [0, 0.05) is 12.2 Å². The van der Waals surface area contributed by atoms with E-state index in [0.29, 0.717) is 5.16 Å². The first-order valence-electron chi connectivity index (χ1n) is 7.24. The Kier molecular flexibility index (Phi) is 4.16. The summed E-state index contributed by atoms with van der Waals surface area (Å²) < 4.78 is 0. The first-order chi connectivity index (χ1) is 10.7. The fraction of sp³-hybridized carbons (Fsp3) is 0.167. The number of nitrogens with zero attached hydrogens (tertiary/aromatic N) is 1.